The first-order valence-corrected chi connectivity index (χ1v) is 6.39. The zero-order valence-electron chi connectivity index (χ0n) is 9.50. The van der Waals surface area contributed by atoms with Crippen LogP contribution in [-0.4, -0.2) is 5.16 Å². The van der Waals surface area contributed by atoms with Crippen LogP contribution in [0.1, 0.15) is 25.3 Å². The van der Waals surface area contributed by atoms with Gasteiger partial charge in [0.1, 0.15) is 5.69 Å². The van der Waals surface area contributed by atoms with E-state index < -0.39 is 0 Å². The van der Waals surface area contributed by atoms with Crippen LogP contribution in [0.4, 0.5) is 5.88 Å². The van der Waals surface area contributed by atoms with E-state index in [1.54, 1.807) is 0 Å². The summed E-state index contributed by atoms with van der Waals surface area (Å²) in [6.07, 6.45) is 0. The van der Waals surface area contributed by atoms with Crippen molar-refractivity contribution >= 4 is 33.4 Å². The summed E-state index contributed by atoms with van der Waals surface area (Å²) in [6, 6.07) is 5.68. The molecule has 0 aliphatic heterocycles. The van der Waals surface area contributed by atoms with E-state index in [2.05, 4.69) is 21.1 Å². The van der Waals surface area contributed by atoms with E-state index in [1.807, 2.05) is 32.0 Å². The number of hydrogen-bond acceptors (Lipinski definition) is 3. The summed E-state index contributed by atoms with van der Waals surface area (Å²) in [5.41, 5.74) is 8.21. The zero-order chi connectivity index (χ0) is 12.6. The maximum Gasteiger partial charge on any atom is 0.226 e. The summed E-state index contributed by atoms with van der Waals surface area (Å²) >= 11 is 9.63. The van der Waals surface area contributed by atoms with Crippen molar-refractivity contribution in [2.45, 2.75) is 19.8 Å². The second-order valence-electron chi connectivity index (χ2n) is 4.07. The van der Waals surface area contributed by atoms with Crippen molar-refractivity contribution < 1.29 is 4.52 Å². The summed E-state index contributed by atoms with van der Waals surface area (Å²) in [4.78, 5) is 0. The van der Waals surface area contributed by atoms with Gasteiger partial charge in [-0.05, 0) is 27.9 Å². The molecule has 1 heterocycles. The summed E-state index contributed by atoms with van der Waals surface area (Å²) in [5.74, 6) is 0.581. The van der Waals surface area contributed by atoms with E-state index in [-0.39, 0.29) is 5.92 Å². The van der Waals surface area contributed by atoms with Crippen LogP contribution in [0.5, 0.6) is 0 Å². The molecule has 5 heteroatoms. The van der Waals surface area contributed by atoms with Crippen molar-refractivity contribution in [1.29, 1.82) is 0 Å². The van der Waals surface area contributed by atoms with Crippen LogP contribution >= 0.6 is 27.5 Å². The molecular formula is C12H12BrClN2O. The molecule has 0 amide bonds. The van der Waals surface area contributed by atoms with E-state index in [0.29, 0.717) is 16.6 Å². The first kappa shape index (κ1) is 12.5. The third-order valence-corrected chi connectivity index (χ3v) is 3.84. The molecule has 0 spiro atoms. The normalized spacial score (nSPS) is 11.1. The van der Waals surface area contributed by atoms with Gasteiger partial charge < -0.3 is 10.3 Å². The minimum Gasteiger partial charge on any atom is -0.367 e. The second-order valence-corrected chi connectivity index (χ2v) is 5.30. The lowest BCUT2D eigenvalue weighted by Crippen LogP contribution is -1.95. The fourth-order valence-electron chi connectivity index (χ4n) is 1.75. The Morgan fingerprint density at radius 3 is 2.76 bits per heavy atom. The van der Waals surface area contributed by atoms with Crippen molar-refractivity contribution in [2.75, 3.05) is 5.73 Å². The van der Waals surface area contributed by atoms with Crippen LogP contribution in [0.25, 0.3) is 11.3 Å². The number of nitrogen functional groups attached to an aromatic ring is 1. The number of halogens is 2. The first-order valence-electron chi connectivity index (χ1n) is 5.21. The second kappa shape index (κ2) is 4.70. The fourth-order valence-corrected chi connectivity index (χ4v) is 2.33. The summed E-state index contributed by atoms with van der Waals surface area (Å²) in [5, 5.41) is 4.62. The molecule has 0 atom stereocenters. The predicted octanol–water partition coefficient (Wildman–Crippen LogP) is 4.46. The largest absolute Gasteiger partial charge is 0.367 e. The van der Waals surface area contributed by atoms with Crippen LogP contribution in [0.3, 0.4) is 0 Å². The van der Waals surface area contributed by atoms with Crippen LogP contribution in [-0.2, 0) is 0 Å². The summed E-state index contributed by atoms with van der Waals surface area (Å²) < 4.78 is 5.89. The molecule has 0 aliphatic carbocycles. The average molecular weight is 316 g/mol. The van der Waals surface area contributed by atoms with Crippen LogP contribution in [0, 0.1) is 0 Å². The lowest BCUT2D eigenvalue weighted by molar-refractivity contribution is 0.438. The van der Waals surface area contributed by atoms with Gasteiger partial charge in [0.15, 0.2) is 0 Å². The zero-order valence-corrected chi connectivity index (χ0v) is 11.8. The summed E-state index contributed by atoms with van der Waals surface area (Å²) in [6.45, 7) is 4.08. The van der Waals surface area contributed by atoms with Gasteiger partial charge in [-0.25, -0.2) is 0 Å². The van der Waals surface area contributed by atoms with E-state index in [0.717, 1.165) is 15.6 Å². The molecule has 0 radical (unpaired) electrons. The van der Waals surface area contributed by atoms with Gasteiger partial charge >= 0.3 is 0 Å². The maximum absolute atomic E-state index is 6.24. The Hall–Kier alpha value is -1.00. The number of benzene rings is 1. The van der Waals surface area contributed by atoms with Gasteiger partial charge in [0, 0.05) is 15.6 Å². The highest BCUT2D eigenvalue weighted by Crippen LogP contribution is 2.38. The minimum atomic E-state index is 0.228. The lowest BCUT2D eigenvalue weighted by Gasteiger charge is -2.07. The Morgan fingerprint density at radius 2 is 2.12 bits per heavy atom. The smallest absolute Gasteiger partial charge is 0.226 e. The Morgan fingerprint density at radius 1 is 1.41 bits per heavy atom. The van der Waals surface area contributed by atoms with Gasteiger partial charge in [-0.2, -0.15) is 0 Å². The minimum absolute atomic E-state index is 0.228. The fraction of sp³-hybridized carbons (Fsp3) is 0.250. The number of nitrogens with two attached hydrogens (primary N) is 1. The van der Waals surface area contributed by atoms with E-state index in [9.17, 15) is 0 Å². The van der Waals surface area contributed by atoms with Crippen molar-refractivity contribution in [1.82, 2.24) is 5.16 Å². The Balaban J connectivity index is 2.65. The molecule has 0 aliphatic rings. The van der Waals surface area contributed by atoms with Gasteiger partial charge in [0.25, 0.3) is 0 Å². The topological polar surface area (TPSA) is 52.0 Å². The molecular weight excluding hydrogens is 304 g/mol. The number of hydrogen-bond donors (Lipinski definition) is 1. The Bertz CT molecular complexity index is 551. The lowest BCUT2D eigenvalue weighted by atomic mass is 9.99. The van der Waals surface area contributed by atoms with Crippen LogP contribution < -0.4 is 5.73 Å². The van der Waals surface area contributed by atoms with E-state index in [1.165, 1.54) is 0 Å². The van der Waals surface area contributed by atoms with E-state index >= 15 is 0 Å². The highest BCUT2D eigenvalue weighted by molar-refractivity contribution is 9.10. The van der Waals surface area contributed by atoms with Gasteiger partial charge in [0.05, 0.1) is 5.02 Å². The van der Waals surface area contributed by atoms with Crippen molar-refractivity contribution in [2.24, 2.45) is 0 Å². The third kappa shape index (κ3) is 2.19. The molecule has 0 saturated heterocycles. The first-order chi connectivity index (χ1) is 8.02. The standard InChI is InChI=1S/C12H12BrClN2O/c1-6(2)9-11(16-17-12(9)15)7-4-3-5-8(13)10(7)14/h3-6H,15H2,1-2H3. The monoisotopic (exact) mass is 314 g/mol. The van der Waals surface area contributed by atoms with Crippen molar-refractivity contribution in [3.05, 3.63) is 33.3 Å². The molecule has 0 saturated carbocycles. The van der Waals surface area contributed by atoms with Gasteiger partial charge in [-0.3, -0.25) is 0 Å². The Labute approximate surface area is 113 Å². The van der Waals surface area contributed by atoms with Gasteiger partial charge in [-0.15, -0.1) is 0 Å². The quantitative estimate of drug-likeness (QED) is 0.890. The SMILES string of the molecule is CC(C)c1c(-c2cccc(Br)c2Cl)noc1N. The molecule has 2 N–H and O–H groups in total. The molecule has 1 aromatic heterocycles. The molecule has 0 bridgehead atoms. The van der Waals surface area contributed by atoms with Crippen LogP contribution in [0.15, 0.2) is 27.2 Å². The number of nitrogens with zero attached hydrogens (tertiary/aromatic N) is 1. The number of rotatable bonds is 2. The molecule has 90 valence electrons. The molecule has 1 aromatic carbocycles. The van der Waals surface area contributed by atoms with Gasteiger partial charge in [-0.1, -0.05) is 42.7 Å². The highest BCUT2D eigenvalue weighted by atomic mass is 79.9. The Kier molecular flexibility index (Phi) is 3.45. The summed E-state index contributed by atoms with van der Waals surface area (Å²) in [7, 11) is 0. The third-order valence-electron chi connectivity index (χ3n) is 2.54. The highest BCUT2D eigenvalue weighted by Gasteiger charge is 2.20. The van der Waals surface area contributed by atoms with Gasteiger partial charge in [0.2, 0.25) is 5.88 Å². The molecule has 2 aromatic rings. The maximum atomic E-state index is 6.24. The molecule has 2 rings (SSSR count). The number of aromatic nitrogens is 1. The van der Waals surface area contributed by atoms with Crippen molar-refractivity contribution in [3.8, 4) is 11.3 Å². The predicted molar refractivity (Wildman–Crippen MR) is 73.2 cm³/mol. The number of anilines is 1. The molecule has 0 fully saturated rings. The van der Waals surface area contributed by atoms with Crippen molar-refractivity contribution in [3.63, 3.8) is 0 Å². The van der Waals surface area contributed by atoms with Crippen LogP contribution in [0.2, 0.25) is 5.02 Å². The van der Waals surface area contributed by atoms with E-state index in [4.69, 9.17) is 21.9 Å². The molecule has 17 heavy (non-hydrogen) atoms. The molecule has 0 unspecified atom stereocenters. The average Bonchev–Trinajstić information content (AvgIpc) is 2.64. The molecule has 3 nitrogen and oxygen atoms in total.